The fourth-order valence-corrected chi connectivity index (χ4v) is 4.51. The van der Waals surface area contributed by atoms with Gasteiger partial charge in [0.1, 0.15) is 0 Å². The lowest BCUT2D eigenvalue weighted by atomic mass is 10.0. The van der Waals surface area contributed by atoms with E-state index in [9.17, 15) is 0 Å². The summed E-state index contributed by atoms with van der Waals surface area (Å²) in [5.41, 5.74) is 4.73. The highest BCUT2D eigenvalue weighted by molar-refractivity contribution is 7.16. The van der Waals surface area contributed by atoms with Crippen LogP contribution < -0.4 is 28.1 Å². The minimum atomic E-state index is -4.94. The molecule has 1 aromatic heterocycles. The molecule has 0 aliphatic rings. The second kappa shape index (κ2) is 13.9. The summed E-state index contributed by atoms with van der Waals surface area (Å²) in [6.45, 7) is 5.19. The van der Waals surface area contributed by atoms with Crippen molar-refractivity contribution in [1.29, 1.82) is 0 Å². The lowest BCUT2D eigenvalue weighted by Gasteiger charge is -2.17. The summed E-state index contributed by atoms with van der Waals surface area (Å²) in [6.07, 6.45) is 4.31. The topological polar surface area (TPSA) is 111 Å². The van der Waals surface area contributed by atoms with Crippen molar-refractivity contribution in [3.8, 4) is 33.1 Å². The molecular weight excluding hydrogens is 512 g/mol. The van der Waals surface area contributed by atoms with Gasteiger partial charge in [-0.2, -0.15) is 0 Å². The molecule has 0 N–H and O–H groups in total. The van der Waals surface area contributed by atoms with E-state index >= 15 is 0 Å². The van der Waals surface area contributed by atoms with Crippen molar-refractivity contribution in [2.24, 2.45) is 0 Å². The minimum absolute atomic E-state index is 0.606. The first-order valence-electron chi connectivity index (χ1n) is 11.6. The smallest absolute Gasteiger partial charge is 0.239 e. The Kier molecular flexibility index (Phi) is 10.6. The van der Waals surface area contributed by atoms with Gasteiger partial charge in [0.2, 0.25) is 21.1 Å². The highest BCUT2D eigenvalue weighted by Gasteiger charge is 2.16. The number of rotatable bonds is 8. The van der Waals surface area contributed by atoms with Gasteiger partial charge in [-0.05, 0) is 60.9 Å². The van der Waals surface area contributed by atoms with E-state index in [1.54, 1.807) is 11.3 Å². The molecule has 0 atom stereocenters. The third kappa shape index (κ3) is 9.59. The van der Waals surface area contributed by atoms with Gasteiger partial charge in [-0.15, -0.1) is 10.2 Å². The molecule has 0 saturated carbocycles. The number of halogens is 1. The molecule has 3 aromatic carbocycles. The summed E-state index contributed by atoms with van der Waals surface area (Å²) in [7, 11) is -4.94. The molecule has 1 heterocycles. The summed E-state index contributed by atoms with van der Waals surface area (Å²) < 4.78 is 45.4. The molecule has 192 valence electrons. The Bertz CT molecular complexity index is 1230. The van der Waals surface area contributed by atoms with Crippen molar-refractivity contribution < 1.29 is 38.4 Å². The first-order valence-corrected chi connectivity index (χ1v) is 13.6. The largest absolute Gasteiger partial charge is 0.490 e. The fourth-order valence-electron chi connectivity index (χ4n) is 3.50. The second-order valence-corrected chi connectivity index (χ2v) is 9.50. The van der Waals surface area contributed by atoms with Gasteiger partial charge in [0.05, 0.1) is 13.2 Å². The van der Waals surface area contributed by atoms with E-state index in [0.29, 0.717) is 13.2 Å². The summed E-state index contributed by atoms with van der Waals surface area (Å²) in [5, 5.41) is 0. The molecule has 0 spiro atoms. The predicted octanol–water partition coefficient (Wildman–Crippen LogP) is 3.58. The second-order valence-electron chi connectivity index (χ2n) is 7.63. The number of hydrogen-bond acceptors (Lipinski definition) is 6. The normalized spacial score (nSPS) is 11.1. The summed E-state index contributed by atoms with van der Waals surface area (Å²) in [5.74, 6) is 1.56. The number of benzene rings is 3. The van der Waals surface area contributed by atoms with Crippen LogP contribution in [0.4, 0.5) is 0 Å². The Morgan fingerprint density at radius 1 is 0.649 bits per heavy atom. The Morgan fingerprint density at radius 2 is 1.22 bits per heavy atom. The lowest BCUT2D eigenvalue weighted by Crippen LogP contribution is -2.68. The van der Waals surface area contributed by atoms with Gasteiger partial charge in [-0.3, -0.25) is 0 Å². The van der Waals surface area contributed by atoms with E-state index in [1.807, 2.05) is 26.0 Å². The highest BCUT2D eigenvalue weighted by Crippen LogP contribution is 2.34. The Hall–Kier alpha value is -3.30. The maximum Gasteiger partial charge on any atom is 0.239 e. The van der Waals surface area contributed by atoms with Gasteiger partial charge in [0.15, 0.2) is 11.5 Å². The lowest BCUT2D eigenvalue weighted by molar-refractivity contribution is -2.00. The van der Waals surface area contributed by atoms with E-state index in [0.717, 1.165) is 17.1 Å². The number of hydrogen-bond donors (Lipinski definition) is 0. The zero-order chi connectivity index (χ0) is 26.7. The van der Waals surface area contributed by atoms with Crippen LogP contribution in [-0.2, 0) is 0 Å². The average molecular weight is 539 g/mol. The van der Waals surface area contributed by atoms with Crippen molar-refractivity contribution in [3.05, 3.63) is 101 Å². The van der Waals surface area contributed by atoms with Gasteiger partial charge < -0.3 is 9.47 Å². The SMILES string of the molecule is CCOc1ccc(C=Cc2cc(-c3ccccc3)cc(-c3ccccc3)[s+]2)cc1OCC.[O-][Cl+3]([O-])([O-])[O-]. The number of ether oxygens (including phenoxy) is 2. The van der Waals surface area contributed by atoms with Crippen LogP contribution in [0, 0.1) is 10.2 Å². The average Bonchev–Trinajstić information content (AvgIpc) is 2.89. The molecule has 6 nitrogen and oxygen atoms in total. The quantitative estimate of drug-likeness (QED) is 0.317. The summed E-state index contributed by atoms with van der Waals surface area (Å²) in [6, 6.07) is 31.7. The Balaban J connectivity index is 0.000000695. The van der Waals surface area contributed by atoms with E-state index < -0.39 is 10.2 Å². The van der Waals surface area contributed by atoms with Crippen molar-refractivity contribution in [3.63, 3.8) is 0 Å². The first kappa shape index (κ1) is 28.3. The van der Waals surface area contributed by atoms with Gasteiger partial charge >= 0.3 is 0 Å². The molecule has 8 heteroatoms. The van der Waals surface area contributed by atoms with Crippen LogP contribution >= 0.6 is 11.3 Å². The molecular formula is C29H27ClO6S. The molecule has 4 rings (SSSR count). The van der Waals surface area contributed by atoms with Crippen LogP contribution in [-0.4, -0.2) is 13.2 Å². The molecule has 0 aliphatic heterocycles. The van der Waals surface area contributed by atoms with Crippen molar-refractivity contribution in [1.82, 2.24) is 0 Å². The van der Waals surface area contributed by atoms with Gasteiger partial charge in [0, 0.05) is 23.8 Å². The molecule has 0 aliphatic carbocycles. The van der Waals surface area contributed by atoms with Crippen LogP contribution in [0.5, 0.6) is 11.5 Å². The highest BCUT2D eigenvalue weighted by atomic mass is 35.7. The Morgan fingerprint density at radius 3 is 1.81 bits per heavy atom. The van der Waals surface area contributed by atoms with E-state index in [4.69, 9.17) is 28.1 Å². The third-order valence-electron chi connectivity index (χ3n) is 4.99. The Labute approximate surface area is 223 Å². The van der Waals surface area contributed by atoms with Gasteiger partial charge in [0.25, 0.3) is 0 Å². The predicted molar refractivity (Wildman–Crippen MR) is 137 cm³/mol. The molecule has 0 radical (unpaired) electrons. The molecule has 0 unspecified atom stereocenters. The zero-order valence-corrected chi connectivity index (χ0v) is 22.0. The van der Waals surface area contributed by atoms with Crippen LogP contribution in [0.1, 0.15) is 24.3 Å². The molecule has 4 aromatic rings. The molecule has 0 amide bonds. The van der Waals surface area contributed by atoms with Gasteiger partial charge in [-0.1, -0.05) is 54.6 Å². The first-order chi connectivity index (χ1) is 17.8. The molecule has 37 heavy (non-hydrogen) atoms. The molecule has 0 bridgehead atoms. The monoisotopic (exact) mass is 538 g/mol. The van der Waals surface area contributed by atoms with Gasteiger partial charge in [-0.25, -0.2) is 18.6 Å². The van der Waals surface area contributed by atoms with E-state index in [1.165, 1.54) is 26.4 Å². The molecule has 0 fully saturated rings. The zero-order valence-electron chi connectivity index (χ0n) is 20.5. The van der Waals surface area contributed by atoms with Crippen molar-refractivity contribution in [2.75, 3.05) is 13.2 Å². The van der Waals surface area contributed by atoms with Crippen LogP contribution in [0.15, 0.2) is 91.0 Å². The maximum atomic E-state index is 8.49. The van der Waals surface area contributed by atoms with E-state index in [2.05, 4.69) is 91.0 Å². The maximum absolute atomic E-state index is 8.49. The standard InChI is InChI=1S/C29H27O2S.ClHO4/c1-3-30-27-18-16-22(19-28(27)31-4-2)15-17-26-20-25(23-11-7-5-8-12-23)21-29(32-26)24-13-9-6-10-14-24;2-1(3,4)5/h5-21H,3-4H2,1-2H3;(H,2,3,4,5)/q+1;/p-1. The third-order valence-corrected chi connectivity index (χ3v) is 6.05. The van der Waals surface area contributed by atoms with Crippen molar-refractivity contribution >= 4 is 23.5 Å². The summed E-state index contributed by atoms with van der Waals surface area (Å²) in [4.78, 5) is 2.44. The van der Waals surface area contributed by atoms with E-state index in [-0.39, 0.29) is 0 Å². The van der Waals surface area contributed by atoms with Crippen LogP contribution in [0.3, 0.4) is 0 Å². The van der Waals surface area contributed by atoms with Crippen LogP contribution in [0.2, 0.25) is 0 Å². The fraction of sp³-hybridized carbons (Fsp3) is 0.138. The van der Waals surface area contributed by atoms with Crippen LogP contribution in [0.25, 0.3) is 33.7 Å². The molecule has 0 saturated heterocycles. The minimum Gasteiger partial charge on any atom is -0.490 e. The van der Waals surface area contributed by atoms with Crippen molar-refractivity contribution in [2.45, 2.75) is 13.8 Å². The summed E-state index contributed by atoms with van der Waals surface area (Å²) >= 11 is 1.79.